The van der Waals surface area contributed by atoms with Crippen molar-refractivity contribution < 1.29 is 24.0 Å². The zero-order chi connectivity index (χ0) is 24.8. The highest BCUT2D eigenvalue weighted by Gasteiger charge is 2.74. The van der Waals surface area contributed by atoms with Gasteiger partial charge in [0.05, 0.1) is 35.6 Å². The topological polar surface area (TPSA) is 122 Å². The van der Waals surface area contributed by atoms with Gasteiger partial charge >= 0.3 is 0 Å². The van der Waals surface area contributed by atoms with Crippen molar-refractivity contribution in [3.8, 4) is 5.75 Å². The number of rotatable bonds is 3. The number of methoxy groups -OCH3 is 1. The number of nitrogens with zero attached hydrogens (tertiary/aromatic N) is 3. The van der Waals surface area contributed by atoms with E-state index >= 15 is 0 Å². The number of imide groups is 1. The molecule has 4 heterocycles. The highest BCUT2D eigenvalue weighted by molar-refractivity contribution is 6.26. The Morgan fingerprint density at radius 1 is 1.14 bits per heavy atom. The fraction of sp³-hybridized carbons (Fsp3) is 0.400. The Balaban J connectivity index is 1.54. The fourth-order valence-electron chi connectivity index (χ4n) is 6.72. The molecule has 180 valence electrons. The first-order chi connectivity index (χ1) is 16.7. The van der Waals surface area contributed by atoms with Crippen LogP contribution in [0.1, 0.15) is 29.5 Å². The predicted octanol–water partition coefficient (Wildman–Crippen LogP) is 2.65. The standard InChI is InChI=1S/C25H24N4O6/c1-12-6-8-15-21(13(12)2)26-24(32)25(15)20-19(17-5-4-10-27(17)25)22(30)28(23(20)31)16-9-7-14(29(33)34)11-18(16)35-3/h6-9,11,17,19-20H,4-5,10H2,1-3H3,(H,26,32). The van der Waals surface area contributed by atoms with Crippen LogP contribution in [-0.2, 0) is 19.9 Å². The van der Waals surface area contributed by atoms with Crippen LogP contribution in [0.3, 0.4) is 0 Å². The van der Waals surface area contributed by atoms with Gasteiger partial charge in [-0.05, 0) is 50.4 Å². The van der Waals surface area contributed by atoms with Crippen LogP contribution in [0.15, 0.2) is 30.3 Å². The number of carbonyl (C=O) groups is 3. The average Bonchev–Trinajstić information content (AvgIpc) is 3.54. The summed E-state index contributed by atoms with van der Waals surface area (Å²) in [6.07, 6.45) is 1.53. The molecule has 0 bridgehead atoms. The van der Waals surface area contributed by atoms with E-state index in [-0.39, 0.29) is 29.1 Å². The molecule has 0 radical (unpaired) electrons. The lowest BCUT2D eigenvalue weighted by molar-refractivity contribution is -0.384. The van der Waals surface area contributed by atoms with Crippen molar-refractivity contribution in [1.82, 2.24) is 4.90 Å². The number of ether oxygens (including phenoxy) is 1. The Kier molecular flexibility index (Phi) is 4.41. The molecule has 1 spiro atoms. The van der Waals surface area contributed by atoms with Crippen LogP contribution >= 0.6 is 0 Å². The summed E-state index contributed by atoms with van der Waals surface area (Å²) in [5.41, 5.74) is 2.10. The number of hydrogen-bond acceptors (Lipinski definition) is 7. The molecule has 2 aromatic rings. The van der Waals surface area contributed by atoms with Gasteiger partial charge in [-0.1, -0.05) is 12.1 Å². The van der Waals surface area contributed by atoms with E-state index in [4.69, 9.17) is 4.74 Å². The number of non-ortho nitro benzene ring substituents is 1. The summed E-state index contributed by atoms with van der Waals surface area (Å²) in [6.45, 7) is 4.53. The molecular weight excluding hydrogens is 452 g/mol. The maximum atomic E-state index is 14.1. The quantitative estimate of drug-likeness (QED) is 0.411. The van der Waals surface area contributed by atoms with E-state index < -0.39 is 34.1 Å². The van der Waals surface area contributed by atoms with Crippen molar-refractivity contribution in [2.24, 2.45) is 11.8 Å². The second-order valence-electron chi connectivity index (χ2n) is 9.68. The molecule has 1 N–H and O–H groups in total. The molecule has 2 aromatic carbocycles. The molecule has 0 saturated carbocycles. The zero-order valence-corrected chi connectivity index (χ0v) is 19.5. The summed E-state index contributed by atoms with van der Waals surface area (Å²) in [5.74, 6) is -2.69. The largest absolute Gasteiger partial charge is 0.494 e. The molecule has 4 atom stereocenters. The number of nitro groups is 1. The average molecular weight is 476 g/mol. The summed E-state index contributed by atoms with van der Waals surface area (Å²) in [7, 11) is 1.33. The number of nitrogens with one attached hydrogen (secondary N) is 1. The third-order valence-electron chi connectivity index (χ3n) is 8.31. The third-order valence-corrected chi connectivity index (χ3v) is 8.31. The Morgan fingerprint density at radius 3 is 2.63 bits per heavy atom. The minimum atomic E-state index is -1.27. The predicted molar refractivity (Wildman–Crippen MR) is 125 cm³/mol. The third kappa shape index (κ3) is 2.49. The maximum absolute atomic E-state index is 14.1. The van der Waals surface area contributed by atoms with Gasteiger partial charge in [0.25, 0.3) is 5.69 Å². The van der Waals surface area contributed by atoms with E-state index in [9.17, 15) is 24.5 Å². The van der Waals surface area contributed by atoms with Crippen LogP contribution in [0.2, 0.25) is 0 Å². The molecule has 10 nitrogen and oxygen atoms in total. The number of amides is 3. The van der Waals surface area contributed by atoms with E-state index in [1.165, 1.54) is 25.3 Å². The molecule has 4 aliphatic rings. The van der Waals surface area contributed by atoms with Crippen molar-refractivity contribution in [1.29, 1.82) is 0 Å². The maximum Gasteiger partial charge on any atom is 0.273 e. The van der Waals surface area contributed by atoms with E-state index in [0.717, 1.165) is 28.0 Å². The second-order valence-corrected chi connectivity index (χ2v) is 9.68. The van der Waals surface area contributed by atoms with Crippen molar-refractivity contribution in [3.05, 3.63) is 57.1 Å². The molecule has 3 saturated heterocycles. The van der Waals surface area contributed by atoms with Crippen molar-refractivity contribution in [2.75, 3.05) is 23.9 Å². The second kappa shape index (κ2) is 7.11. The van der Waals surface area contributed by atoms with Crippen LogP contribution in [-0.4, -0.2) is 47.2 Å². The summed E-state index contributed by atoms with van der Waals surface area (Å²) in [6, 6.07) is 7.42. The molecular formula is C25H24N4O6. The van der Waals surface area contributed by atoms with Crippen molar-refractivity contribution in [2.45, 2.75) is 38.3 Å². The first-order valence-corrected chi connectivity index (χ1v) is 11.6. The summed E-state index contributed by atoms with van der Waals surface area (Å²) in [5, 5.41) is 14.3. The summed E-state index contributed by atoms with van der Waals surface area (Å²) in [4.78, 5) is 55.6. The van der Waals surface area contributed by atoms with Gasteiger partial charge in [0.2, 0.25) is 17.7 Å². The summed E-state index contributed by atoms with van der Waals surface area (Å²) >= 11 is 0. The number of anilines is 2. The van der Waals surface area contributed by atoms with Gasteiger partial charge in [-0.2, -0.15) is 0 Å². The number of hydrogen-bond donors (Lipinski definition) is 1. The van der Waals surface area contributed by atoms with Crippen molar-refractivity contribution >= 4 is 34.8 Å². The molecule has 6 rings (SSSR count). The molecule has 4 aliphatic heterocycles. The Bertz CT molecular complexity index is 1360. The SMILES string of the molecule is COc1cc([N+](=O)[O-])ccc1N1C(=O)C2C3CCCN3C3(C(=O)Nc4c3ccc(C)c4C)C2C1=O. The van der Waals surface area contributed by atoms with Gasteiger partial charge in [0.1, 0.15) is 11.3 Å². The van der Waals surface area contributed by atoms with E-state index in [1.807, 2.05) is 26.0 Å². The van der Waals surface area contributed by atoms with Gasteiger partial charge in [0.15, 0.2) is 0 Å². The van der Waals surface area contributed by atoms with Gasteiger partial charge < -0.3 is 10.1 Å². The number of aryl methyl sites for hydroxylation is 1. The Morgan fingerprint density at radius 2 is 1.91 bits per heavy atom. The van der Waals surface area contributed by atoms with Crippen LogP contribution in [0.25, 0.3) is 0 Å². The molecule has 10 heteroatoms. The van der Waals surface area contributed by atoms with E-state index in [1.54, 1.807) is 0 Å². The Labute approximate surface area is 201 Å². The van der Waals surface area contributed by atoms with Crippen LogP contribution in [0.5, 0.6) is 5.75 Å². The molecule has 3 amide bonds. The fourth-order valence-corrected chi connectivity index (χ4v) is 6.72. The summed E-state index contributed by atoms with van der Waals surface area (Å²) < 4.78 is 5.34. The highest BCUT2D eigenvalue weighted by Crippen LogP contribution is 2.61. The lowest BCUT2D eigenvalue weighted by Gasteiger charge is -2.36. The molecule has 3 fully saturated rings. The van der Waals surface area contributed by atoms with Crippen LogP contribution in [0.4, 0.5) is 17.1 Å². The lowest BCUT2D eigenvalue weighted by Crippen LogP contribution is -2.54. The van der Waals surface area contributed by atoms with Crippen LogP contribution < -0.4 is 15.0 Å². The number of benzene rings is 2. The Hall–Kier alpha value is -3.79. The van der Waals surface area contributed by atoms with E-state index in [0.29, 0.717) is 18.7 Å². The van der Waals surface area contributed by atoms with Gasteiger partial charge in [0, 0.05) is 23.4 Å². The van der Waals surface area contributed by atoms with Crippen molar-refractivity contribution in [3.63, 3.8) is 0 Å². The first kappa shape index (κ1) is 21.7. The zero-order valence-electron chi connectivity index (χ0n) is 19.5. The smallest absolute Gasteiger partial charge is 0.273 e. The number of fused-ring (bicyclic) bond motifs is 7. The number of carbonyl (C=O) groups excluding carboxylic acids is 3. The number of nitro benzene ring substituents is 1. The normalized spacial score (nSPS) is 28.9. The first-order valence-electron chi connectivity index (χ1n) is 11.6. The molecule has 35 heavy (non-hydrogen) atoms. The van der Waals surface area contributed by atoms with Gasteiger partial charge in [-0.15, -0.1) is 0 Å². The van der Waals surface area contributed by atoms with E-state index in [2.05, 4.69) is 10.2 Å². The highest BCUT2D eigenvalue weighted by atomic mass is 16.6. The lowest BCUT2D eigenvalue weighted by atomic mass is 9.75. The molecule has 4 unspecified atom stereocenters. The molecule has 0 aliphatic carbocycles. The minimum absolute atomic E-state index is 0.0564. The minimum Gasteiger partial charge on any atom is -0.494 e. The molecule has 0 aromatic heterocycles. The monoisotopic (exact) mass is 476 g/mol. The van der Waals surface area contributed by atoms with Gasteiger partial charge in [-0.25, -0.2) is 4.90 Å². The van der Waals surface area contributed by atoms with Gasteiger partial charge in [-0.3, -0.25) is 29.4 Å². The van der Waals surface area contributed by atoms with Crippen LogP contribution in [0, 0.1) is 35.8 Å².